The molecule has 0 bridgehead atoms. The summed E-state index contributed by atoms with van der Waals surface area (Å²) < 4.78 is 6.51. The second kappa shape index (κ2) is 7.08. The Morgan fingerprint density at radius 3 is 2.57 bits per heavy atom. The van der Waals surface area contributed by atoms with Gasteiger partial charge in [-0.2, -0.15) is 5.10 Å². The van der Waals surface area contributed by atoms with Crippen LogP contribution in [0.15, 0.2) is 28.3 Å². The van der Waals surface area contributed by atoms with E-state index in [0.29, 0.717) is 5.69 Å². The lowest BCUT2D eigenvalue weighted by Crippen LogP contribution is -2.26. The number of hydrogen-bond donors (Lipinski definition) is 2. The molecule has 23 heavy (non-hydrogen) atoms. The molecule has 0 fully saturated rings. The first kappa shape index (κ1) is 17.4. The number of anilines is 1. The van der Waals surface area contributed by atoms with Gasteiger partial charge in [0.2, 0.25) is 0 Å². The average molecular weight is 378 g/mol. The first-order valence-electron chi connectivity index (χ1n) is 6.19. The van der Waals surface area contributed by atoms with Gasteiger partial charge in [0.1, 0.15) is 0 Å². The van der Waals surface area contributed by atoms with Gasteiger partial charge >= 0.3 is 0 Å². The maximum Gasteiger partial charge on any atom is 0.289 e. The number of hydrogen-bond acceptors (Lipinski definition) is 6. The van der Waals surface area contributed by atoms with E-state index >= 15 is 0 Å². The van der Waals surface area contributed by atoms with E-state index < -0.39 is 5.56 Å². The number of rotatable bonds is 4. The minimum atomic E-state index is -0.616. The van der Waals surface area contributed by atoms with E-state index in [1.54, 1.807) is 0 Å². The third-order valence-electron chi connectivity index (χ3n) is 2.73. The molecule has 0 unspecified atom stereocenters. The van der Waals surface area contributed by atoms with Gasteiger partial charge in [-0.1, -0.05) is 40.0 Å². The normalized spacial score (nSPS) is 11.6. The van der Waals surface area contributed by atoms with E-state index in [0.717, 1.165) is 4.68 Å². The van der Waals surface area contributed by atoms with Crippen LogP contribution in [0.5, 0.6) is 11.5 Å². The van der Waals surface area contributed by atoms with Crippen LogP contribution in [-0.2, 0) is 6.54 Å². The van der Waals surface area contributed by atoms with Crippen LogP contribution in [0.25, 0.3) is 0 Å². The number of halogens is 3. The van der Waals surface area contributed by atoms with Crippen LogP contribution in [0, 0.1) is 0 Å². The quantitative estimate of drug-likeness (QED) is 0.368. The van der Waals surface area contributed by atoms with Crippen LogP contribution < -0.4 is 16.0 Å². The summed E-state index contributed by atoms with van der Waals surface area (Å²) in [6.45, 7) is 1.51. The summed E-state index contributed by atoms with van der Waals surface area (Å²) in [6, 6.07) is 2.90. The van der Waals surface area contributed by atoms with Gasteiger partial charge in [0, 0.05) is 5.69 Å². The standard InChI is InChI=1S/C13H11Cl3N4O3/c1-6(19-22)5-20-13(21)11(16)10(4-18-20)23-12-8(14)2-7(17)3-9(12)15/h2-4,22H,5,17H2,1H3/b19-6-. The first-order chi connectivity index (χ1) is 10.8. The van der Waals surface area contributed by atoms with Crippen molar-refractivity contribution in [1.82, 2.24) is 9.78 Å². The molecule has 0 amide bonds. The fourth-order valence-electron chi connectivity index (χ4n) is 1.67. The van der Waals surface area contributed by atoms with Gasteiger partial charge in [-0.3, -0.25) is 4.79 Å². The molecule has 3 N–H and O–H groups in total. The van der Waals surface area contributed by atoms with E-state index in [2.05, 4.69) is 10.3 Å². The summed E-state index contributed by atoms with van der Waals surface area (Å²) >= 11 is 18.0. The largest absolute Gasteiger partial charge is 0.451 e. The van der Waals surface area contributed by atoms with E-state index in [4.69, 9.17) is 50.5 Å². The van der Waals surface area contributed by atoms with Crippen LogP contribution in [-0.4, -0.2) is 20.7 Å². The summed E-state index contributed by atoms with van der Waals surface area (Å²) in [6.07, 6.45) is 1.23. The van der Waals surface area contributed by atoms with Gasteiger partial charge in [0.15, 0.2) is 16.5 Å². The summed E-state index contributed by atoms with van der Waals surface area (Å²) in [5.74, 6) is 0.0940. The SMILES string of the molecule is C/C(Cn1ncc(Oc2c(Cl)cc(N)cc2Cl)c(Cl)c1=O)=N/O. The van der Waals surface area contributed by atoms with E-state index in [9.17, 15) is 4.79 Å². The number of nitrogens with zero attached hydrogens (tertiary/aromatic N) is 3. The molecule has 1 heterocycles. The van der Waals surface area contributed by atoms with Crippen LogP contribution in [0.4, 0.5) is 5.69 Å². The summed E-state index contributed by atoms with van der Waals surface area (Å²) in [5.41, 5.74) is 5.64. The summed E-state index contributed by atoms with van der Waals surface area (Å²) in [4.78, 5) is 12.1. The lowest BCUT2D eigenvalue weighted by atomic mass is 10.3. The highest BCUT2D eigenvalue weighted by atomic mass is 35.5. The van der Waals surface area contributed by atoms with Gasteiger partial charge in [0.25, 0.3) is 5.56 Å². The Morgan fingerprint density at radius 1 is 1.39 bits per heavy atom. The Labute approximate surface area is 145 Å². The first-order valence-corrected chi connectivity index (χ1v) is 7.32. The topological polar surface area (TPSA) is 103 Å². The monoisotopic (exact) mass is 376 g/mol. The highest BCUT2D eigenvalue weighted by Gasteiger charge is 2.16. The molecular weight excluding hydrogens is 367 g/mol. The zero-order chi connectivity index (χ0) is 17.1. The average Bonchev–Trinajstić information content (AvgIpc) is 2.49. The van der Waals surface area contributed by atoms with Crippen LogP contribution >= 0.6 is 34.8 Å². The smallest absolute Gasteiger partial charge is 0.289 e. The third kappa shape index (κ3) is 3.87. The second-order valence-corrected chi connectivity index (χ2v) is 5.73. The molecular formula is C13H11Cl3N4O3. The predicted molar refractivity (Wildman–Crippen MR) is 89.4 cm³/mol. The number of oxime groups is 1. The Morgan fingerprint density at radius 2 is 2.00 bits per heavy atom. The van der Waals surface area contributed by atoms with Gasteiger partial charge in [-0.15, -0.1) is 0 Å². The maximum atomic E-state index is 12.1. The highest BCUT2D eigenvalue weighted by molar-refractivity contribution is 6.37. The molecule has 1 aromatic carbocycles. The fraction of sp³-hybridized carbons (Fsp3) is 0.154. The van der Waals surface area contributed by atoms with Crippen molar-refractivity contribution in [1.29, 1.82) is 0 Å². The fourth-order valence-corrected chi connectivity index (χ4v) is 2.44. The van der Waals surface area contributed by atoms with E-state index in [-0.39, 0.29) is 38.8 Å². The van der Waals surface area contributed by atoms with Crippen molar-refractivity contribution < 1.29 is 9.94 Å². The van der Waals surface area contributed by atoms with Gasteiger partial charge in [-0.25, -0.2) is 4.68 Å². The molecule has 0 saturated heterocycles. The minimum Gasteiger partial charge on any atom is -0.451 e. The molecule has 2 rings (SSSR count). The molecule has 0 aliphatic heterocycles. The van der Waals surface area contributed by atoms with Crippen molar-refractivity contribution in [3.05, 3.63) is 43.8 Å². The van der Waals surface area contributed by atoms with Crippen molar-refractivity contribution in [3.63, 3.8) is 0 Å². The van der Waals surface area contributed by atoms with Crippen molar-refractivity contribution in [2.75, 3.05) is 5.73 Å². The van der Waals surface area contributed by atoms with Crippen molar-refractivity contribution in [3.8, 4) is 11.5 Å². The minimum absolute atomic E-state index is 0.0138. The number of nitrogen functional groups attached to an aromatic ring is 1. The molecule has 0 aliphatic carbocycles. The Hall–Kier alpha value is -1.96. The van der Waals surface area contributed by atoms with Gasteiger partial charge < -0.3 is 15.7 Å². The molecule has 0 atom stereocenters. The molecule has 0 radical (unpaired) electrons. The van der Waals surface area contributed by atoms with Crippen molar-refractivity contribution >= 4 is 46.2 Å². The summed E-state index contributed by atoms with van der Waals surface area (Å²) in [7, 11) is 0. The number of nitrogens with two attached hydrogens (primary N) is 1. The predicted octanol–water partition coefficient (Wildman–Crippen LogP) is 3.43. The maximum absolute atomic E-state index is 12.1. The molecule has 1 aromatic heterocycles. The van der Waals surface area contributed by atoms with Gasteiger partial charge in [-0.05, 0) is 19.1 Å². The Kier molecular flexibility index (Phi) is 5.35. The zero-order valence-electron chi connectivity index (χ0n) is 11.8. The molecule has 0 spiro atoms. The zero-order valence-corrected chi connectivity index (χ0v) is 14.0. The molecule has 0 saturated carbocycles. The summed E-state index contributed by atoms with van der Waals surface area (Å²) in [5, 5.41) is 15.6. The van der Waals surface area contributed by atoms with Crippen molar-refractivity contribution in [2.24, 2.45) is 5.16 Å². The molecule has 0 aliphatic rings. The number of ether oxygens (including phenoxy) is 1. The van der Waals surface area contributed by atoms with E-state index in [1.807, 2.05) is 0 Å². The van der Waals surface area contributed by atoms with Crippen LogP contribution in [0.1, 0.15) is 6.92 Å². The number of aromatic nitrogens is 2. The van der Waals surface area contributed by atoms with Crippen LogP contribution in [0.3, 0.4) is 0 Å². The molecule has 122 valence electrons. The van der Waals surface area contributed by atoms with Crippen LogP contribution in [0.2, 0.25) is 15.1 Å². The molecule has 7 nitrogen and oxygen atoms in total. The Balaban J connectivity index is 2.40. The molecule has 2 aromatic rings. The van der Waals surface area contributed by atoms with E-state index in [1.165, 1.54) is 25.3 Å². The van der Waals surface area contributed by atoms with Gasteiger partial charge in [0.05, 0.1) is 28.5 Å². The lowest BCUT2D eigenvalue weighted by Gasteiger charge is -2.12. The number of benzene rings is 1. The lowest BCUT2D eigenvalue weighted by molar-refractivity contribution is 0.316. The van der Waals surface area contributed by atoms with Crippen molar-refractivity contribution in [2.45, 2.75) is 13.5 Å². The Bertz CT molecular complexity index is 813. The third-order valence-corrected chi connectivity index (χ3v) is 3.64. The molecule has 10 heteroatoms. The highest BCUT2D eigenvalue weighted by Crippen LogP contribution is 2.39. The second-order valence-electron chi connectivity index (χ2n) is 4.54.